The summed E-state index contributed by atoms with van der Waals surface area (Å²) in [5, 5.41) is 0. The summed E-state index contributed by atoms with van der Waals surface area (Å²) >= 11 is 0. The molecule has 0 aromatic heterocycles. The average Bonchev–Trinajstić information content (AvgIpc) is 2.00. The second-order valence-electron chi connectivity index (χ2n) is 3.80. The van der Waals surface area contributed by atoms with Gasteiger partial charge in [-0.05, 0) is 6.42 Å². The molecule has 2 nitrogen and oxygen atoms in total. The van der Waals surface area contributed by atoms with Gasteiger partial charge in [0.25, 0.3) is 0 Å². The summed E-state index contributed by atoms with van der Waals surface area (Å²) < 4.78 is 0. The van der Waals surface area contributed by atoms with E-state index >= 15 is 0 Å². The van der Waals surface area contributed by atoms with Crippen LogP contribution in [0.25, 0.3) is 0 Å². The van der Waals surface area contributed by atoms with E-state index in [1.807, 2.05) is 13.2 Å². The van der Waals surface area contributed by atoms with Gasteiger partial charge in [0, 0.05) is 18.3 Å². The Morgan fingerprint density at radius 3 is 2.42 bits per heavy atom. The summed E-state index contributed by atoms with van der Waals surface area (Å²) in [6, 6.07) is 0. The maximum atomic E-state index is 11.2. The van der Waals surface area contributed by atoms with E-state index < -0.39 is 5.41 Å². The van der Waals surface area contributed by atoms with Gasteiger partial charge in [0.05, 0.1) is 0 Å². The minimum Gasteiger partial charge on any atom is -0.300 e. The van der Waals surface area contributed by atoms with Crippen LogP contribution >= 0.6 is 0 Å². The fourth-order valence-corrected chi connectivity index (χ4v) is 0.991. The highest BCUT2D eigenvalue weighted by Crippen LogP contribution is 2.18. The number of unbranched alkanes of at least 4 members (excludes halogenated alkanes) is 1. The Morgan fingerprint density at radius 2 is 2.00 bits per heavy atom. The van der Waals surface area contributed by atoms with Crippen molar-refractivity contribution < 1.29 is 9.59 Å². The summed E-state index contributed by atoms with van der Waals surface area (Å²) in [6.07, 6.45) is 4.76. The predicted molar refractivity (Wildman–Crippen MR) is 48.6 cm³/mol. The number of rotatable bonds is 6. The molecule has 0 aliphatic carbocycles. The third-order valence-corrected chi connectivity index (χ3v) is 1.72. The highest BCUT2D eigenvalue weighted by molar-refractivity contribution is 5.82. The standard InChI is InChI=1S/C10H17O2/c1-4-5-6-9(12)7-10(2,3)8-11/h4-7H2,1-3H3. The van der Waals surface area contributed by atoms with Crippen molar-refractivity contribution >= 4 is 12.1 Å². The van der Waals surface area contributed by atoms with Crippen LogP contribution in [-0.2, 0) is 9.59 Å². The van der Waals surface area contributed by atoms with Gasteiger partial charge in [-0.3, -0.25) is 9.59 Å². The lowest BCUT2D eigenvalue weighted by Crippen LogP contribution is -2.18. The molecule has 0 saturated carbocycles. The van der Waals surface area contributed by atoms with Gasteiger partial charge in [-0.1, -0.05) is 27.2 Å². The average molecular weight is 169 g/mol. The van der Waals surface area contributed by atoms with Gasteiger partial charge < -0.3 is 0 Å². The van der Waals surface area contributed by atoms with Crippen LogP contribution in [0, 0.1) is 5.41 Å². The molecule has 0 spiro atoms. The molecule has 0 saturated heterocycles. The van der Waals surface area contributed by atoms with Crippen molar-refractivity contribution in [2.24, 2.45) is 5.41 Å². The van der Waals surface area contributed by atoms with Gasteiger partial charge >= 0.3 is 0 Å². The van der Waals surface area contributed by atoms with Crippen molar-refractivity contribution in [1.29, 1.82) is 0 Å². The minimum atomic E-state index is -0.592. The number of Topliss-reactive ketones (excluding diaryl/α,β-unsaturated/α-hetero) is 1. The van der Waals surface area contributed by atoms with Gasteiger partial charge in [-0.2, -0.15) is 0 Å². The Balaban J connectivity index is 3.76. The van der Waals surface area contributed by atoms with Gasteiger partial charge in [-0.25, -0.2) is 0 Å². The molecule has 0 aliphatic rings. The molecule has 12 heavy (non-hydrogen) atoms. The van der Waals surface area contributed by atoms with Crippen LogP contribution < -0.4 is 0 Å². The van der Waals surface area contributed by atoms with Crippen molar-refractivity contribution in [2.45, 2.75) is 46.5 Å². The van der Waals surface area contributed by atoms with E-state index in [0.717, 1.165) is 12.8 Å². The first-order chi connectivity index (χ1) is 5.52. The van der Waals surface area contributed by atoms with Crippen molar-refractivity contribution in [3.8, 4) is 0 Å². The van der Waals surface area contributed by atoms with Crippen LogP contribution in [0.3, 0.4) is 0 Å². The van der Waals surface area contributed by atoms with E-state index in [2.05, 4.69) is 0 Å². The van der Waals surface area contributed by atoms with Gasteiger partial charge in [0.15, 0.2) is 0 Å². The van der Waals surface area contributed by atoms with E-state index in [1.54, 1.807) is 13.8 Å². The highest BCUT2D eigenvalue weighted by atomic mass is 16.1. The number of hydrogen-bond acceptors (Lipinski definition) is 2. The molecule has 0 heterocycles. The van der Waals surface area contributed by atoms with Crippen LogP contribution in [0.2, 0.25) is 0 Å². The van der Waals surface area contributed by atoms with Gasteiger partial charge in [-0.15, -0.1) is 0 Å². The van der Waals surface area contributed by atoms with Crippen LogP contribution in [-0.4, -0.2) is 12.1 Å². The first-order valence-electron chi connectivity index (χ1n) is 4.43. The normalized spacial score (nSPS) is 11.2. The number of ketones is 1. The molecule has 1 radical (unpaired) electrons. The van der Waals surface area contributed by atoms with Crippen LogP contribution in [0.4, 0.5) is 0 Å². The maximum Gasteiger partial charge on any atom is 0.204 e. The van der Waals surface area contributed by atoms with E-state index in [1.165, 1.54) is 0 Å². The van der Waals surface area contributed by atoms with E-state index in [-0.39, 0.29) is 5.78 Å². The third-order valence-electron chi connectivity index (χ3n) is 1.72. The molecule has 0 aliphatic heterocycles. The molecule has 0 unspecified atom stereocenters. The highest BCUT2D eigenvalue weighted by Gasteiger charge is 2.21. The fraction of sp³-hybridized carbons (Fsp3) is 0.800. The summed E-state index contributed by atoms with van der Waals surface area (Å²) in [6.45, 7) is 5.53. The van der Waals surface area contributed by atoms with E-state index in [0.29, 0.717) is 12.8 Å². The molecule has 0 N–H and O–H groups in total. The topological polar surface area (TPSA) is 34.1 Å². The molecule has 69 valence electrons. The molecule has 0 amide bonds. The zero-order valence-corrected chi connectivity index (χ0v) is 8.14. The largest absolute Gasteiger partial charge is 0.300 e. The van der Waals surface area contributed by atoms with Crippen LogP contribution in [0.15, 0.2) is 0 Å². The smallest absolute Gasteiger partial charge is 0.204 e. The third kappa shape index (κ3) is 5.05. The second kappa shape index (κ2) is 5.07. The van der Waals surface area contributed by atoms with Crippen molar-refractivity contribution in [1.82, 2.24) is 0 Å². The predicted octanol–water partition coefficient (Wildman–Crippen LogP) is 2.27. The SMILES string of the molecule is CCCCC(=O)CC(C)(C)[C]=O. The zero-order valence-electron chi connectivity index (χ0n) is 8.14. The lowest BCUT2D eigenvalue weighted by molar-refractivity contribution is -0.120. The summed E-state index contributed by atoms with van der Waals surface area (Å²) in [7, 11) is 0. The van der Waals surface area contributed by atoms with Crippen molar-refractivity contribution in [3.05, 3.63) is 0 Å². The molecule has 0 rings (SSSR count). The molecule has 0 atom stereocenters. The molecule has 0 bridgehead atoms. The lowest BCUT2D eigenvalue weighted by Gasteiger charge is -2.13. The first-order valence-corrected chi connectivity index (χ1v) is 4.43. The van der Waals surface area contributed by atoms with Crippen molar-refractivity contribution in [2.75, 3.05) is 0 Å². The summed E-state index contributed by atoms with van der Waals surface area (Å²) in [5.74, 6) is 0.171. The number of carbonyl (C=O) groups is 1. The first kappa shape index (κ1) is 11.3. The zero-order chi connectivity index (χ0) is 9.61. The quantitative estimate of drug-likeness (QED) is 0.611. The Kier molecular flexibility index (Phi) is 4.79. The molecule has 0 aromatic carbocycles. The van der Waals surface area contributed by atoms with Crippen molar-refractivity contribution in [3.63, 3.8) is 0 Å². The molecule has 2 heteroatoms. The Labute approximate surface area is 74.3 Å². The monoisotopic (exact) mass is 169 g/mol. The number of hydrogen-bond donors (Lipinski definition) is 0. The molecular formula is C10H17O2. The molecular weight excluding hydrogens is 152 g/mol. The molecule has 0 aromatic rings. The van der Waals surface area contributed by atoms with E-state index in [9.17, 15) is 9.59 Å². The Hall–Kier alpha value is -0.660. The second-order valence-corrected chi connectivity index (χ2v) is 3.80. The Bertz CT molecular complexity index is 159. The van der Waals surface area contributed by atoms with Gasteiger partial charge in [0.1, 0.15) is 5.78 Å². The van der Waals surface area contributed by atoms with E-state index in [4.69, 9.17) is 0 Å². The summed E-state index contributed by atoms with van der Waals surface area (Å²) in [5.41, 5.74) is -0.592. The maximum absolute atomic E-state index is 11.2. The summed E-state index contributed by atoms with van der Waals surface area (Å²) in [4.78, 5) is 21.6. The Morgan fingerprint density at radius 1 is 1.42 bits per heavy atom. The van der Waals surface area contributed by atoms with Crippen LogP contribution in [0.5, 0.6) is 0 Å². The molecule has 0 fully saturated rings. The lowest BCUT2D eigenvalue weighted by atomic mass is 9.88. The number of carbonyl (C=O) groups excluding carboxylic acids is 2. The minimum absolute atomic E-state index is 0.171. The van der Waals surface area contributed by atoms with Gasteiger partial charge in [0.2, 0.25) is 6.29 Å². The van der Waals surface area contributed by atoms with Crippen LogP contribution in [0.1, 0.15) is 46.5 Å². The fourth-order valence-electron chi connectivity index (χ4n) is 0.991.